The largest absolute Gasteiger partial charge is 0.396 e. The monoisotopic (exact) mass is 186 g/mol. The number of rotatable bonds is 5. The highest BCUT2D eigenvalue weighted by Gasteiger charge is 2.22. The van der Waals surface area contributed by atoms with Gasteiger partial charge in [-0.05, 0) is 24.7 Å². The topological polar surface area (TPSA) is 40.5 Å². The average Bonchev–Trinajstić information content (AvgIpc) is 2.19. The van der Waals surface area contributed by atoms with Crippen LogP contribution in [0.5, 0.6) is 0 Å². The second-order valence-electron chi connectivity index (χ2n) is 4.18. The lowest BCUT2D eigenvalue weighted by Gasteiger charge is -2.29. The van der Waals surface area contributed by atoms with Crippen LogP contribution in [-0.2, 0) is 0 Å². The molecule has 0 aromatic rings. The number of aliphatic hydroxyl groups excluding tert-OH is 2. The van der Waals surface area contributed by atoms with Gasteiger partial charge in [0.1, 0.15) is 0 Å². The van der Waals surface area contributed by atoms with Gasteiger partial charge in [-0.25, -0.2) is 0 Å². The first-order chi connectivity index (χ1) is 6.38. The third-order valence-corrected chi connectivity index (χ3v) is 3.32. The molecule has 78 valence electrons. The second kappa shape index (κ2) is 6.39. The summed E-state index contributed by atoms with van der Waals surface area (Å²) in [6.07, 6.45) is 8.45. The van der Waals surface area contributed by atoms with Crippen molar-refractivity contribution in [2.45, 2.75) is 44.9 Å². The van der Waals surface area contributed by atoms with Gasteiger partial charge in [0, 0.05) is 13.2 Å². The highest BCUT2D eigenvalue weighted by molar-refractivity contribution is 4.73. The SMILES string of the molecule is OCCC(CCO)C1CCCCC1. The molecule has 0 heterocycles. The summed E-state index contributed by atoms with van der Waals surface area (Å²) < 4.78 is 0. The molecule has 0 spiro atoms. The third-order valence-electron chi connectivity index (χ3n) is 3.32. The van der Waals surface area contributed by atoms with Gasteiger partial charge in [-0.3, -0.25) is 0 Å². The lowest BCUT2D eigenvalue weighted by atomic mass is 9.77. The Morgan fingerprint density at radius 2 is 1.46 bits per heavy atom. The molecule has 0 aliphatic heterocycles. The molecule has 0 aromatic carbocycles. The molecular formula is C11H22O2. The Morgan fingerprint density at radius 3 is 1.92 bits per heavy atom. The molecular weight excluding hydrogens is 164 g/mol. The lowest BCUT2D eigenvalue weighted by molar-refractivity contribution is 0.151. The zero-order valence-corrected chi connectivity index (χ0v) is 8.41. The first kappa shape index (κ1) is 11.0. The molecule has 1 fully saturated rings. The summed E-state index contributed by atoms with van der Waals surface area (Å²) in [7, 11) is 0. The van der Waals surface area contributed by atoms with Crippen LogP contribution >= 0.6 is 0 Å². The van der Waals surface area contributed by atoms with E-state index < -0.39 is 0 Å². The van der Waals surface area contributed by atoms with Crippen molar-refractivity contribution < 1.29 is 10.2 Å². The van der Waals surface area contributed by atoms with Crippen LogP contribution in [0.25, 0.3) is 0 Å². The predicted molar refractivity (Wildman–Crippen MR) is 53.5 cm³/mol. The zero-order chi connectivity index (χ0) is 9.52. The summed E-state index contributed by atoms with van der Waals surface area (Å²) in [6.45, 7) is 0.558. The van der Waals surface area contributed by atoms with Crippen molar-refractivity contribution in [2.75, 3.05) is 13.2 Å². The van der Waals surface area contributed by atoms with Gasteiger partial charge in [0.15, 0.2) is 0 Å². The van der Waals surface area contributed by atoms with Crippen molar-refractivity contribution in [2.24, 2.45) is 11.8 Å². The van der Waals surface area contributed by atoms with Crippen LogP contribution in [0.15, 0.2) is 0 Å². The van der Waals surface area contributed by atoms with Gasteiger partial charge in [0.2, 0.25) is 0 Å². The highest BCUT2D eigenvalue weighted by atomic mass is 16.3. The molecule has 0 saturated heterocycles. The van der Waals surface area contributed by atoms with Gasteiger partial charge in [0.25, 0.3) is 0 Å². The van der Waals surface area contributed by atoms with E-state index in [9.17, 15) is 0 Å². The van der Waals surface area contributed by atoms with Gasteiger partial charge in [-0.1, -0.05) is 32.1 Å². The number of hydrogen-bond acceptors (Lipinski definition) is 2. The third kappa shape index (κ3) is 3.65. The molecule has 0 atom stereocenters. The second-order valence-corrected chi connectivity index (χ2v) is 4.18. The quantitative estimate of drug-likeness (QED) is 0.689. The number of hydrogen-bond donors (Lipinski definition) is 2. The van der Waals surface area contributed by atoms with E-state index in [1.165, 1.54) is 32.1 Å². The summed E-state index contributed by atoms with van der Waals surface area (Å²) in [4.78, 5) is 0. The normalized spacial score (nSPS) is 19.6. The fourth-order valence-electron chi connectivity index (χ4n) is 2.55. The fourth-order valence-corrected chi connectivity index (χ4v) is 2.55. The molecule has 1 rings (SSSR count). The Bertz CT molecular complexity index is 113. The van der Waals surface area contributed by atoms with Gasteiger partial charge in [0.05, 0.1) is 0 Å². The van der Waals surface area contributed by atoms with Crippen LogP contribution in [0.3, 0.4) is 0 Å². The summed E-state index contributed by atoms with van der Waals surface area (Å²) in [5.41, 5.74) is 0. The van der Waals surface area contributed by atoms with Crippen LogP contribution < -0.4 is 0 Å². The molecule has 2 N–H and O–H groups in total. The average molecular weight is 186 g/mol. The summed E-state index contributed by atoms with van der Waals surface area (Å²) in [5.74, 6) is 1.34. The molecule has 0 amide bonds. The molecule has 1 aliphatic rings. The molecule has 0 radical (unpaired) electrons. The van der Waals surface area contributed by atoms with Gasteiger partial charge in [-0.2, -0.15) is 0 Å². The predicted octanol–water partition coefficient (Wildman–Crippen LogP) is 1.95. The van der Waals surface area contributed by atoms with Crippen molar-refractivity contribution in [1.82, 2.24) is 0 Å². The van der Waals surface area contributed by atoms with E-state index in [1.54, 1.807) is 0 Å². The molecule has 0 unspecified atom stereocenters. The van der Waals surface area contributed by atoms with Crippen molar-refractivity contribution in [3.8, 4) is 0 Å². The van der Waals surface area contributed by atoms with Crippen molar-refractivity contribution >= 4 is 0 Å². The van der Waals surface area contributed by atoms with Crippen LogP contribution in [0.4, 0.5) is 0 Å². The van der Waals surface area contributed by atoms with Gasteiger partial charge >= 0.3 is 0 Å². The summed E-state index contributed by atoms with van der Waals surface area (Å²) in [5, 5.41) is 17.8. The molecule has 2 heteroatoms. The minimum atomic E-state index is 0.279. The summed E-state index contributed by atoms with van der Waals surface area (Å²) in [6, 6.07) is 0. The maximum Gasteiger partial charge on any atom is 0.0433 e. The molecule has 1 saturated carbocycles. The number of aliphatic hydroxyl groups is 2. The molecule has 0 bridgehead atoms. The van der Waals surface area contributed by atoms with E-state index in [-0.39, 0.29) is 13.2 Å². The Labute approximate surface area is 81.0 Å². The molecule has 0 aromatic heterocycles. The molecule has 13 heavy (non-hydrogen) atoms. The maximum atomic E-state index is 8.91. The smallest absolute Gasteiger partial charge is 0.0433 e. The van der Waals surface area contributed by atoms with Crippen LogP contribution in [0.2, 0.25) is 0 Å². The van der Waals surface area contributed by atoms with Crippen LogP contribution in [0, 0.1) is 11.8 Å². The lowest BCUT2D eigenvalue weighted by Crippen LogP contribution is -2.20. The van der Waals surface area contributed by atoms with Crippen molar-refractivity contribution in [1.29, 1.82) is 0 Å². The van der Waals surface area contributed by atoms with E-state index in [1.807, 2.05) is 0 Å². The zero-order valence-electron chi connectivity index (χ0n) is 8.41. The van der Waals surface area contributed by atoms with Crippen molar-refractivity contribution in [3.05, 3.63) is 0 Å². The van der Waals surface area contributed by atoms with Crippen LogP contribution in [-0.4, -0.2) is 23.4 Å². The Hall–Kier alpha value is -0.0800. The van der Waals surface area contributed by atoms with E-state index >= 15 is 0 Å². The standard InChI is InChI=1S/C11H22O2/c12-8-6-11(7-9-13)10-4-2-1-3-5-10/h10-13H,1-9H2. The first-order valence-electron chi connectivity index (χ1n) is 5.60. The van der Waals surface area contributed by atoms with E-state index in [4.69, 9.17) is 10.2 Å². The van der Waals surface area contributed by atoms with Gasteiger partial charge < -0.3 is 10.2 Å². The van der Waals surface area contributed by atoms with Gasteiger partial charge in [-0.15, -0.1) is 0 Å². The molecule has 2 nitrogen and oxygen atoms in total. The van der Waals surface area contributed by atoms with Crippen LogP contribution in [0.1, 0.15) is 44.9 Å². The van der Waals surface area contributed by atoms with E-state index in [2.05, 4.69) is 0 Å². The van der Waals surface area contributed by atoms with E-state index in [0.717, 1.165) is 18.8 Å². The maximum absolute atomic E-state index is 8.91. The minimum Gasteiger partial charge on any atom is -0.396 e. The van der Waals surface area contributed by atoms with E-state index in [0.29, 0.717) is 5.92 Å². The first-order valence-corrected chi connectivity index (χ1v) is 5.60. The fraction of sp³-hybridized carbons (Fsp3) is 1.00. The highest BCUT2D eigenvalue weighted by Crippen LogP contribution is 2.33. The minimum absolute atomic E-state index is 0.279. The molecule has 1 aliphatic carbocycles. The Balaban J connectivity index is 2.32. The van der Waals surface area contributed by atoms with Crippen molar-refractivity contribution in [3.63, 3.8) is 0 Å². The Morgan fingerprint density at radius 1 is 0.923 bits per heavy atom. The summed E-state index contributed by atoms with van der Waals surface area (Å²) >= 11 is 0. The Kier molecular flexibility index (Phi) is 5.40.